The molecule has 5 nitrogen and oxygen atoms in total. The van der Waals surface area contributed by atoms with Gasteiger partial charge in [0.1, 0.15) is 23.9 Å². The van der Waals surface area contributed by atoms with E-state index in [2.05, 4.69) is 16.8 Å². The number of phenols is 2. The highest BCUT2D eigenvalue weighted by Crippen LogP contribution is 2.21. The molecule has 5 heteroatoms. The van der Waals surface area contributed by atoms with Crippen LogP contribution >= 0.6 is 0 Å². The first-order valence-electron chi connectivity index (χ1n) is 6.74. The van der Waals surface area contributed by atoms with Gasteiger partial charge in [-0.1, -0.05) is 12.7 Å². The van der Waals surface area contributed by atoms with Crippen molar-refractivity contribution in [3.8, 4) is 11.5 Å². The van der Waals surface area contributed by atoms with Gasteiger partial charge < -0.3 is 14.9 Å². The van der Waals surface area contributed by atoms with Crippen LogP contribution in [0.15, 0.2) is 61.0 Å². The molecule has 0 amide bonds. The second-order valence-corrected chi connectivity index (χ2v) is 4.74. The summed E-state index contributed by atoms with van der Waals surface area (Å²) in [6.45, 7) is 5.88. The van der Waals surface area contributed by atoms with Crippen LogP contribution in [0.1, 0.15) is 18.2 Å². The zero-order valence-electron chi connectivity index (χ0n) is 12.3. The fourth-order valence-electron chi connectivity index (χ4n) is 1.85. The number of ether oxygens (including phenoxy) is 1. The minimum absolute atomic E-state index is 0.00211. The summed E-state index contributed by atoms with van der Waals surface area (Å²) in [4.78, 5) is 0. The van der Waals surface area contributed by atoms with Gasteiger partial charge in [-0.05, 0) is 48.4 Å². The number of hydrogen-bond acceptors (Lipinski definition) is 4. The lowest BCUT2D eigenvalue weighted by Crippen LogP contribution is -1.91. The van der Waals surface area contributed by atoms with Crippen molar-refractivity contribution in [3.63, 3.8) is 0 Å². The molecule has 3 N–H and O–H groups in total. The SMILES string of the molecule is C=C/C(=C\C=C(/C)c1ccn[nH]1)OCc1cc(O)cc(O)c1. The fourth-order valence-corrected chi connectivity index (χ4v) is 1.85. The summed E-state index contributed by atoms with van der Waals surface area (Å²) in [5.41, 5.74) is 2.60. The maximum Gasteiger partial charge on any atom is 0.119 e. The van der Waals surface area contributed by atoms with Crippen LogP contribution in [0.5, 0.6) is 11.5 Å². The van der Waals surface area contributed by atoms with E-state index in [-0.39, 0.29) is 18.1 Å². The molecule has 1 aromatic heterocycles. The maximum absolute atomic E-state index is 9.43. The van der Waals surface area contributed by atoms with Gasteiger partial charge in [0.15, 0.2) is 0 Å². The molecule has 1 heterocycles. The summed E-state index contributed by atoms with van der Waals surface area (Å²) >= 11 is 0. The number of phenolic OH excluding ortho intramolecular Hbond substituents is 2. The highest BCUT2D eigenvalue weighted by molar-refractivity contribution is 5.61. The highest BCUT2D eigenvalue weighted by atomic mass is 16.5. The molecule has 0 atom stereocenters. The molecule has 0 aliphatic heterocycles. The summed E-state index contributed by atoms with van der Waals surface area (Å²) in [7, 11) is 0. The smallest absolute Gasteiger partial charge is 0.119 e. The summed E-state index contributed by atoms with van der Waals surface area (Å²) < 4.78 is 5.61. The van der Waals surface area contributed by atoms with Gasteiger partial charge in [0, 0.05) is 12.3 Å². The Morgan fingerprint density at radius 2 is 2.00 bits per heavy atom. The van der Waals surface area contributed by atoms with Crippen molar-refractivity contribution in [3.05, 3.63) is 72.3 Å². The average Bonchev–Trinajstić information content (AvgIpc) is 3.00. The number of allylic oxidation sites excluding steroid dienone is 4. The topological polar surface area (TPSA) is 78.4 Å². The number of aromatic hydroxyl groups is 2. The number of rotatable bonds is 6. The number of H-pyrrole nitrogens is 1. The minimum atomic E-state index is -0.00211. The molecule has 0 bridgehead atoms. The number of nitrogens with zero attached hydrogens (tertiary/aromatic N) is 1. The van der Waals surface area contributed by atoms with E-state index in [9.17, 15) is 10.2 Å². The molecule has 0 fully saturated rings. The minimum Gasteiger partial charge on any atom is -0.508 e. The molecule has 0 aliphatic carbocycles. The molecular formula is C17H18N2O3. The van der Waals surface area contributed by atoms with Gasteiger partial charge in [-0.3, -0.25) is 5.10 Å². The third-order valence-electron chi connectivity index (χ3n) is 2.99. The first kappa shape index (κ1) is 15.4. The van der Waals surface area contributed by atoms with Gasteiger partial charge in [-0.25, -0.2) is 0 Å². The largest absolute Gasteiger partial charge is 0.508 e. The lowest BCUT2D eigenvalue weighted by atomic mass is 10.2. The lowest BCUT2D eigenvalue weighted by Gasteiger charge is -2.07. The second-order valence-electron chi connectivity index (χ2n) is 4.74. The van der Waals surface area contributed by atoms with E-state index in [1.54, 1.807) is 18.3 Å². The third kappa shape index (κ3) is 4.28. The summed E-state index contributed by atoms with van der Waals surface area (Å²) in [6.07, 6.45) is 6.98. The molecule has 0 saturated carbocycles. The van der Waals surface area contributed by atoms with Crippen molar-refractivity contribution in [2.24, 2.45) is 0 Å². The quantitative estimate of drug-likeness (QED) is 0.563. The lowest BCUT2D eigenvalue weighted by molar-refractivity contribution is 0.210. The molecule has 0 saturated heterocycles. The van der Waals surface area contributed by atoms with Gasteiger partial charge in [0.2, 0.25) is 0 Å². The van der Waals surface area contributed by atoms with Gasteiger partial charge in [0.25, 0.3) is 0 Å². The van der Waals surface area contributed by atoms with Crippen LogP contribution in [0, 0.1) is 0 Å². The highest BCUT2D eigenvalue weighted by Gasteiger charge is 2.01. The van der Waals surface area contributed by atoms with Crippen LogP contribution in [0.2, 0.25) is 0 Å². The number of benzene rings is 1. The Labute approximate surface area is 128 Å². The van der Waals surface area contributed by atoms with Crippen LogP contribution in [-0.4, -0.2) is 20.4 Å². The van der Waals surface area contributed by atoms with Gasteiger partial charge >= 0.3 is 0 Å². The Morgan fingerprint density at radius 1 is 1.27 bits per heavy atom. The van der Waals surface area contributed by atoms with E-state index in [1.807, 2.05) is 19.1 Å². The monoisotopic (exact) mass is 298 g/mol. The summed E-state index contributed by atoms with van der Waals surface area (Å²) in [5.74, 6) is 0.581. The van der Waals surface area contributed by atoms with Crippen molar-refractivity contribution in [1.82, 2.24) is 10.2 Å². The van der Waals surface area contributed by atoms with E-state index >= 15 is 0 Å². The van der Waals surface area contributed by atoms with E-state index in [1.165, 1.54) is 18.2 Å². The number of aromatic amines is 1. The molecule has 22 heavy (non-hydrogen) atoms. The molecule has 1 aromatic carbocycles. The van der Waals surface area contributed by atoms with Crippen molar-refractivity contribution in [2.45, 2.75) is 13.5 Å². The molecular weight excluding hydrogens is 280 g/mol. The molecule has 2 rings (SSSR count). The zero-order valence-corrected chi connectivity index (χ0v) is 12.3. The van der Waals surface area contributed by atoms with Gasteiger partial charge in [0.05, 0.1) is 5.69 Å². The van der Waals surface area contributed by atoms with Crippen molar-refractivity contribution < 1.29 is 14.9 Å². The van der Waals surface area contributed by atoms with Crippen molar-refractivity contribution in [1.29, 1.82) is 0 Å². The van der Waals surface area contributed by atoms with E-state index in [0.717, 1.165) is 11.3 Å². The summed E-state index contributed by atoms with van der Waals surface area (Å²) in [6, 6.07) is 6.21. The Kier molecular flexibility index (Phi) is 5.03. The van der Waals surface area contributed by atoms with Crippen LogP contribution in [-0.2, 0) is 11.3 Å². The Bertz CT molecular complexity index is 680. The van der Waals surface area contributed by atoms with Crippen LogP contribution in [0.25, 0.3) is 5.57 Å². The molecule has 114 valence electrons. The Balaban J connectivity index is 2.04. The van der Waals surface area contributed by atoms with E-state index in [0.29, 0.717) is 11.3 Å². The Hall–Kier alpha value is -2.95. The molecule has 0 unspecified atom stereocenters. The van der Waals surface area contributed by atoms with E-state index in [4.69, 9.17) is 4.74 Å². The van der Waals surface area contributed by atoms with Gasteiger partial charge in [-0.2, -0.15) is 5.10 Å². The predicted molar refractivity (Wildman–Crippen MR) is 85.1 cm³/mol. The molecule has 2 aromatic rings. The third-order valence-corrected chi connectivity index (χ3v) is 2.99. The first-order chi connectivity index (χ1) is 10.6. The maximum atomic E-state index is 9.43. The number of aromatic nitrogens is 2. The van der Waals surface area contributed by atoms with Crippen LogP contribution < -0.4 is 0 Å². The fraction of sp³-hybridized carbons (Fsp3) is 0.118. The van der Waals surface area contributed by atoms with E-state index < -0.39 is 0 Å². The molecule has 0 spiro atoms. The number of nitrogens with one attached hydrogen (secondary N) is 1. The average molecular weight is 298 g/mol. The first-order valence-corrected chi connectivity index (χ1v) is 6.74. The summed E-state index contributed by atoms with van der Waals surface area (Å²) in [5, 5.41) is 25.6. The zero-order chi connectivity index (χ0) is 15.9. The predicted octanol–water partition coefficient (Wildman–Crippen LogP) is 3.51. The Morgan fingerprint density at radius 3 is 2.59 bits per heavy atom. The van der Waals surface area contributed by atoms with Crippen LogP contribution in [0.4, 0.5) is 0 Å². The van der Waals surface area contributed by atoms with Crippen LogP contribution in [0.3, 0.4) is 0 Å². The molecule has 0 radical (unpaired) electrons. The van der Waals surface area contributed by atoms with Crippen molar-refractivity contribution in [2.75, 3.05) is 0 Å². The van der Waals surface area contributed by atoms with Gasteiger partial charge in [-0.15, -0.1) is 0 Å². The number of hydrogen-bond donors (Lipinski definition) is 3. The molecule has 0 aliphatic rings. The normalized spacial score (nSPS) is 12.2. The second kappa shape index (κ2) is 7.17. The standard InChI is InChI=1S/C17H18N2O3/c1-3-16(5-4-12(2)17-6-7-18-19-17)22-11-13-8-14(20)10-15(21)9-13/h3-10,20-21H,1,11H2,2H3,(H,18,19)/b12-4+,16-5+. The van der Waals surface area contributed by atoms with Crippen molar-refractivity contribution >= 4 is 5.57 Å².